The van der Waals surface area contributed by atoms with E-state index in [1.807, 2.05) is 37.5 Å². The van der Waals surface area contributed by atoms with Crippen LogP contribution in [0.5, 0.6) is 0 Å². The van der Waals surface area contributed by atoms with Gasteiger partial charge in [0.2, 0.25) is 0 Å². The van der Waals surface area contributed by atoms with Crippen LogP contribution in [0.3, 0.4) is 0 Å². The van der Waals surface area contributed by atoms with E-state index < -0.39 is 0 Å². The van der Waals surface area contributed by atoms with Crippen molar-refractivity contribution in [2.45, 2.75) is 51.7 Å². The van der Waals surface area contributed by atoms with Crippen LogP contribution in [0.2, 0.25) is 0 Å². The zero-order valence-corrected chi connectivity index (χ0v) is 19.6. The molecule has 0 amide bonds. The van der Waals surface area contributed by atoms with E-state index in [9.17, 15) is 4.79 Å². The molecule has 9 heteroatoms. The summed E-state index contributed by atoms with van der Waals surface area (Å²) in [7, 11) is 0. The predicted molar refractivity (Wildman–Crippen MR) is 135 cm³/mol. The van der Waals surface area contributed by atoms with Crippen molar-refractivity contribution in [1.29, 1.82) is 5.41 Å². The highest BCUT2D eigenvalue weighted by atomic mass is 16.1. The van der Waals surface area contributed by atoms with Crippen LogP contribution in [0.4, 0.5) is 5.69 Å². The summed E-state index contributed by atoms with van der Waals surface area (Å²) in [5.74, 6) is 0.428. The molecule has 4 heterocycles. The Morgan fingerprint density at radius 3 is 2.71 bits per heavy atom. The maximum absolute atomic E-state index is 12.2. The number of amidine groups is 2. The number of hydrogen-bond donors (Lipinski definition) is 3. The van der Waals surface area contributed by atoms with E-state index in [-0.39, 0.29) is 11.4 Å². The molecule has 3 aromatic rings. The van der Waals surface area contributed by atoms with Crippen molar-refractivity contribution in [3.8, 4) is 0 Å². The number of rotatable bonds is 5. The number of aryl methyl sites for hydroxylation is 1. The van der Waals surface area contributed by atoms with Crippen molar-refractivity contribution in [3.63, 3.8) is 0 Å². The van der Waals surface area contributed by atoms with Gasteiger partial charge in [-0.3, -0.25) is 25.1 Å². The molecule has 2 atom stereocenters. The molecule has 4 N–H and O–H groups in total. The lowest BCUT2D eigenvalue weighted by Crippen LogP contribution is -2.64. The first-order valence-corrected chi connectivity index (χ1v) is 11.8. The minimum Gasteiger partial charge on any atom is -0.387 e. The molecule has 0 radical (unpaired) electrons. The Balaban J connectivity index is 1.29. The van der Waals surface area contributed by atoms with E-state index in [1.54, 1.807) is 6.92 Å². The first-order valence-electron chi connectivity index (χ1n) is 11.8. The standard InChI is InChI=1S/C25H30N8O/c1-3-17-11-20-21(31-25(17)34)10-16(12-28-20)14-32-8-9-33(23-7-6-22(23)32)18-4-5-19(29-13-18)24(27)30-15(2)26/h4-5,10-13,22-23H,3,6-9,14H2,1-2H3,(H,31,34)(H3,26,27,30)/t22-,23-/m1/s1. The molecular weight excluding hydrogens is 428 g/mol. The fraction of sp³-hybridized carbons (Fsp3) is 0.400. The van der Waals surface area contributed by atoms with Crippen LogP contribution >= 0.6 is 0 Å². The molecule has 1 aliphatic heterocycles. The first-order chi connectivity index (χ1) is 16.4. The highest BCUT2D eigenvalue weighted by molar-refractivity contribution is 6.02. The minimum atomic E-state index is -0.0265. The third-order valence-corrected chi connectivity index (χ3v) is 6.90. The van der Waals surface area contributed by atoms with Gasteiger partial charge in [0.05, 0.1) is 28.8 Å². The van der Waals surface area contributed by atoms with Gasteiger partial charge in [-0.15, -0.1) is 0 Å². The molecule has 2 fully saturated rings. The summed E-state index contributed by atoms with van der Waals surface area (Å²) in [5.41, 5.74) is 10.7. The number of fused-ring (bicyclic) bond motifs is 2. The van der Waals surface area contributed by atoms with Crippen molar-refractivity contribution >= 4 is 28.4 Å². The Morgan fingerprint density at radius 1 is 1.21 bits per heavy atom. The molecule has 34 heavy (non-hydrogen) atoms. The smallest absolute Gasteiger partial charge is 0.251 e. The average molecular weight is 459 g/mol. The average Bonchev–Trinajstić information content (AvgIpc) is 2.79. The lowest BCUT2D eigenvalue weighted by atomic mass is 9.81. The Bertz CT molecular complexity index is 1310. The fourth-order valence-electron chi connectivity index (χ4n) is 5.02. The van der Waals surface area contributed by atoms with Crippen LogP contribution in [-0.4, -0.2) is 56.7 Å². The predicted octanol–water partition coefficient (Wildman–Crippen LogP) is 2.44. The number of aliphatic imine (C=N–C) groups is 1. The minimum absolute atomic E-state index is 0.0265. The molecule has 1 aliphatic carbocycles. The molecule has 1 saturated heterocycles. The van der Waals surface area contributed by atoms with E-state index in [4.69, 9.17) is 11.1 Å². The molecule has 3 aromatic heterocycles. The van der Waals surface area contributed by atoms with E-state index in [1.165, 1.54) is 6.42 Å². The van der Waals surface area contributed by atoms with Gasteiger partial charge in [0.1, 0.15) is 5.69 Å². The lowest BCUT2D eigenvalue weighted by molar-refractivity contribution is 0.0658. The van der Waals surface area contributed by atoms with Gasteiger partial charge in [0.15, 0.2) is 5.84 Å². The monoisotopic (exact) mass is 458 g/mol. The Morgan fingerprint density at radius 2 is 2.03 bits per heavy atom. The van der Waals surface area contributed by atoms with Gasteiger partial charge in [0.25, 0.3) is 5.56 Å². The number of nitrogens with one attached hydrogen (secondary N) is 2. The van der Waals surface area contributed by atoms with Gasteiger partial charge in [-0.2, -0.15) is 0 Å². The Labute approximate surface area is 198 Å². The Hall–Kier alpha value is -3.59. The third kappa shape index (κ3) is 4.19. The van der Waals surface area contributed by atoms with Crippen LogP contribution in [-0.2, 0) is 13.0 Å². The van der Waals surface area contributed by atoms with E-state index in [2.05, 4.69) is 35.8 Å². The Kier molecular flexibility index (Phi) is 5.87. The summed E-state index contributed by atoms with van der Waals surface area (Å²) < 4.78 is 0. The number of pyridine rings is 3. The number of nitrogens with two attached hydrogens (primary N) is 1. The number of aromatic amines is 1. The van der Waals surface area contributed by atoms with E-state index in [0.29, 0.717) is 30.0 Å². The number of anilines is 1. The van der Waals surface area contributed by atoms with Gasteiger partial charge >= 0.3 is 0 Å². The summed E-state index contributed by atoms with van der Waals surface area (Å²) in [5, 5.41) is 8.00. The van der Waals surface area contributed by atoms with Gasteiger partial charge in [-0.25, -0.2) is 4.99 Å². The fourth-order valence-corrected chi connectivity index (χ4v) is 5.02. The summed E-state index contributed by atoms with van der Waals surface area (Å²) in [6.07, 6.45) is 6.79. The quantitative estimate of drug-likeness (QED) is 0.398. The van der Waals surface area contributed by atoms with Gasteiger partial charge in [-0.05, 0) is 56.0 Å². The molecule has 0 aromatic carbocycles. The topological polar surface area (TPSA) is 127 Å². The van der Waals surface area contributed by atoms with Crippen LogP contribution in [0.25, 0.3) is 11.0 Å². The molecule has 176 valence electrons. The lowest BCUT2D eigenvalue weighted by Gasteiger charge is -2.54. The van der Waals surface area contributed by atoms with Crippen LogP contribution in [0.1, 0.15) is 43.5 Å². The normalized spacial score (nSPS) is 20.8. The van der Waals surface area contributed by atoms with Crippen molar-refractivity contribution < 1.29 is 0 Å². The summed E-state index contributed by atoms with van der Waals surface area (Å²) in [4.78, 5) is 33.2. The molecule has 2 aliphatic rings. The van der Waals surface area contributed by atoms with E-state index >= 15 is 0 Å². The van der Waals surface area contributed by atoms with Gasteiger partial charge in [0, 0.05) is 43.5 Å². The zero-order valence-electron chi connectivity index (χ0n) is 19.6. The van der Waals surface area contributed by atoms with Gasteiger partial charge < -0.3 is 15.6 Å². The van der Waals surface area contributed by atoms with Crippen molar-refractivity contribution in [1.82, 2.24) is 19.9 Å². The molecule has 1 saturated carbocycles. The summed E-state index contributed by atoms with van der Waals surface area (Å²) >= 11 is 0. The van der Waals surface area contributed by atoms with Crippen LogP contribution in [0.15, 0.2) is 46.4 Å². The molecule has 5 rings (SSSR count). The molecule has 0 spiro atoms. The van der Waals surface area contributed by atoms with Gasteiger partial charge in [-0.1, -0.05) is 6.92 Å². The number of nitrogens with zero attached hydrogens (tertiary/aromatic N) is 5. The number of hydrogen-bond acceptors (Lipinski definition) is 6. The summed E-state index contributed by atoms with van der Waals surface area (Å²) in [6.45, 7) is 6.32. The maximum atomic E-state index is 12.2. The number of piperazine rings is 1. The van der Waals surface area contributed by atoms with Crippen molar-refractivity contribution in [3.05, 3.63) is 63.8 Å². The van der Waals surface area contributed by atoms with E-state index in [0.717, 1.165) is 53.9 Å². The second-order valence-corrected chi connectivity index (χ2v) is 9.13. The molecular formula is C25H30N8O. The first kappa shape index (κ1) is 22.2. The summed E-state index contributed by atoms with van der Waals surface area (Å²) in [6, 6.07) is 8.75. The number of H-pyrrole nitrogens is 1. The molecule has 9 nitrogen and oxygen atoms in total. The second kappa shape index (κ2) is 8.98. The zero-order chi connectivity index (χ0) is 23.8. The van der Waals surface area contributed by atoms with Crippen molar-refractivity contribution in [2.24, 2.45) is 10.7 Å². The highest BCUT2D eigenvalue weighted by Crippen LogP contribution is 2.37. The van der Waals surface area contributed by atoms with Crippen LogP contribution in [0, 0.1) is 5.41 Å². The SMILES string of the molecule is CCc1cc2ncc(CN3CCN(c4ccc(C(=N)N=C(C)N)nc4)[C@@H]4CC[C@H]43)cc2[nH]c1=O. The second-order valence-electron chi connectivity index (χ2n) is 9.13. The number of aromatic nitrogens is 3. The molecule has 0 unspecified atom stereocenters. The largest absolute Gasteiger partial charge is 0.387 e. The maximum Gasteiger partial charge on any atom is 0.251 e. The third-order valence-electron chi connectivity index (χ3n) is 6.90. The van der Waals surface area contributed by atoms with Crippen molar-refractivity contribution in [2.75, 3.05) is 18.0 Å². The van der Waals surface area contributed by atoms with Crippen LogP contribution < -0.4 is 16.2 Å². The highest BCUT2D eigenvalue weighted by Gasteiger charge is 2.42. The molecule has 0 bridgehead atoms.